The zero-order valence-electron chi connectivity index (χ0n) is 13.7. The zero-order chi connectivity index (χ0) is 16.5. The molecule has 3 heterocycles. The van der Waals surface area contributed by atoms with E-state index in [1.165, 1.54) is 25.0 Å². The van der Waals surface area contributed by atoms with Gasteiger partial charge >= 0.3 is 0 Å². The second-order valence-corrected chi connectivity index (χ2v) is 6.26. The van der Waals surface area contributed by atoms with Crippen LogP contribution in [-0.4, -0.2) is 36.2 Å². The van der Waals surface area contributed by atoms with Crippen LogP contribution in [-0.2, 0) is 13.1 Å². The Labute approximate surface area is 139 Å². The van der Waals surface area contributed by atoms with Crippen molar-refractivity contribution in [2.45, 2.75) is 45.3 Å². The van der Waals surface area contributed by atoms with E-state index < -0.39 is 0 Å². The highest BCUT2D eigenvalue weighted by Crippen LogP contribution is 2.31. The number of imidazole rings is 1. The van der Waals surface area contributed by atoms with Crippen LogP contribution < -0.4 is 0 Å². The minimum Gasteiger partial charge on any atom is -0.341 e. The molecule has 0 radical (unpaired) electrons. The molecule has 0 aliphatic carbocycles. The van der Waals surface area contributed by atoms with Gasteiger partial charge in [0.05, 0.1) is 23.6 Å². The van der Waals surface area contributed by atoms with Crippen LogP contribution in [0.25, 0.3) is 11.0 Å². The molecule has 1 fully saturated rings. The van der Waals surface area contributed by atoms with Crippen LogP contribution in [0.15, 0.2) is 24.5 Å². The lowest BCUT2D eigenvalue weighted by Crippen LogP contribution is -2.34. The molecule has 126 valence electrons. The van der Waals surface area contributed by atoms with Crippen molar-refractivity contribution in [1.82, 2.24) is 29.6 Å². The fourth-order valence-electron chi connectivity index (χ4n) is 3.51. The fourth-order valence-corrected chi connectivity index (χ4v) is 3.51. The number of aryl methyl sites for hydroxylation is 1. The average molecular weight is 328 g/mol. The molecule has 6 nitrogen and oxygen atoms in total. The average Bonchev–Trinajstić information content (AvgIpc) is 3.21. The topological polar surface area (TPSA) is 62.6 Å². The molecule has 0 saturated carbocycles. The number of piperidine rings is 1. The summed E-state index contributed by atoms with van der Waals surface area (Å²) in [5.74, 6) is 1.65. The standard InChI is InChI=1S/C17H21FN6/c1-2-24-16(19-11-20-24)10-23-8-4-3-5-15(23)17-21-13-7-6-12(18)9-14(13)22-17/h6-7,9,11,15H,2-5,8,10H2,1H3,(H,21,22)/t15-/m0/s1. The Bertz CT molecular complexity index is 839. The number of hydrogen-bond donors (Lipinski definition) is 1. The van der Waals surface area contributed by atoms with E-state index in [1.54, 1.807) is 12.4 Å². The molecule has 0 spiro atoms. The van der Waals surface area contributed by atoms with Gasteiger partial charge in [0.25, 0.3) is 0 Å². The number of nitrogens with one attached hydrogen (secondary N) is 1. The summed E-state index contributed by atoms with van der Waals surface area (Å²) in [7, 11) is 0. The lowest BCUT2D eigenvalue weighted by molar-refractivity contribution is 0.129. The van der Waals surface area contributed by atoms with Gasteiger partial charge in [-0.25, -0.2) is 19.0 Å². The normalized spacial score (nSPS) is 19.2. The number of aromatic amines is 1. The van der Waals surface area contributed by atoms with E-state index in [9.17, 15) is 4.39 Å². The maximum absolute atomic E-state index is 13.4. The van der Waals surface area contributed by atoms with Gasteiger partial charge < -0.3 is 4.98 Å². The van der Waals surface area contributed by atoms with Gasteiger partial charge in [0, 0.05) is 6.54 Å². The van der Waals surface area contributed by atoms with Gasteiger partial charge in [-0.3, -0.25) is 4.90 Å². The van der Waals surface area contributed by atoms with E-state index in [2.05, 4.69) is 26.9 Å². The second kappa shape index (κ2) is 6.32. The van der Waals surface area contributed by atoms with Gasteiger partial charge in [-0.05, 0) is 44.5 Å². The van der Waals surface area contributed by atoms with Crippen LogP contribution in [0, 0.1) is 5.82 Å². The quantitative estimate of drug-likeness (QED) is 0.799. The molecule has 0 bridgehead atoms. The van der Waals surface area contributed by atoms with E-state index in [4.69, 9.17) is 4.98 Å². The first-order valence-corrected chi connectivity index (χ1v) is 8.50. The molecule has 1 N–H and O–H groups in total. The summed E-state index contributed by atoms with van der Waals surface area (Å²) in [6.45, 7) is 4.65. The minimum absolute atomic E-state index is 0.205. The molecule has 1 atom stereocenters. The maximum atomic E-state index is 13.4. The number of fused-ring (bicyclic) bond motifs is 1. The van der Waals surface area contributed by atoms with Crippen LogP contribution in [0.2, 0.25) is 0 Å². The molecule has 0 amide bonds. The molecule has 24 heavy (non-hydrogen) atoms. The SMILES string of the molecule is CCn1ncnc1CN1CCCC[C@H]1c1nc2ccc(F)cc2[nH]1. The predicted molar refractivity (Wildman–Crippen MR) is 88.7 cm³/mol. The number of H-pyrrole nitrogens is 1. The van der Waals surface area contributed by atoms with Gasteiger partial charge in [-0.2, -0.15) is 5.10 Å². The number of benzene rings is 1. The summed E-state index contributed by atoms with van der Waals surface area (Å²) in [4.78, 5) is 14.8. The third-order valence-corrected chi connectivity index (χ3v) is 4.73. The molecule has 1 aromatic carbocycles. The van der Waals surface area contributed by atoms with E-state index in [-0.39, 0.29) is 11.9 Å². The number of aromatic nitrogens is 5. The summed E-state index contributed by atoms with van der Waals surface area (Å²) in [6.07, 6.45) is 5.00. The highest BCUT2D eigenvalue weighted by molar-refractivity contribution is 5.75. The third kappa shape index (κ3) is 2.80. The van der Waals surface area contributed by atoms with Crippen LogP contribution in [0.3, 0.4) is 0 Å². The van der Waals surface area contributed by atoms with Crippen LogP contribution in [0.4, 0.5) is 4.39 Å². The first kappa shape index (κ1) is 15.3. The molecule has 4 rings (SSSR count). The fraction of sp³-hybridized carbons (Fsp3) is 0.471. The largest absolute Gasteiger partial charge is 0.341 e. The lowest BCUT2D eigenvalue weighted by Gasteiger charge is -2.34. The minimum atomic E-state index is -0.241. The second-order valence-electron chi connectivity index (χ2n) is 6.26. The molecule has 3 aromatic rings. The van der Waals surface area contributed by atoms with E-state index in [1.807, 2.05) is 4.68 Å². The Kier molecular flexibility index (Phi) is 4.02. The first-order valence-electron chi connectivity index (χ1n) is 8.50. The summed E-state index contributed by atoms with van der Waals surface area (Å²) in [6, 6.07) is 4.89. The van der Waals surface area contributed by atoms with Crippen molar-refractivity contribution in [3.05, 3.63) is 42.0 Å². The molecule has 1 aliphatic rings. The van der Waals surface area contributed by atoms with Crippen molar-refractivity contribution in [3.63, 3.8) is 0 Å². The summed E-state index contributed by atoms with van der Waals surface area (Å²) >= 11 is 0. The summed E-state index contributed by atoms with van der Waals surface area (Å²) in [5, 5.41) is 4.26. The van der Waals surface area contributed by atoms with Crippen LogP contribution in [0.5, 0.6) is 0 Å². The van der Waals surface area contributed by atoms with Crippen molar-refractivity contribution in [3.8, 4) is 0 Å². The van der Waals surface area contributed by atoms with E-state index in [0.717, 1.165) is 48.7 Å². The van der Waals surface area contributed by atoms with Gasteiger partial charge in [-0.1, -0.05) is 6.42 Å². The molecule has 1 saturated heterocycles. The third-order valence-electron chi connectivity index (χ3n) is 4.73. The zero-order valence-corrected chi connectivity index (χ0v) is 13.7. The van der Waals surface area contributed by atoms with Gasteiger partial charge in [0.15, 0.2) is 0 Å². The molecule has 2 aromatic heterocycles. The van der Waals surface area contributed by atoms with E-state index in [0.29, 0.717) is 0 Å². The maximum Gasteiger partial charge on any atom is 0.141 e. The van der Waals surface area contributed by atoms with Gasteiger partial charge in [0.2, 0.25) is 0 Å². The number of hydrogen-bond acceptors (Lipinski definition) is 4. The Hall–Kier alpha value is -2.28. The van der Waals surface area contributed by atoms with Crippen molar-refractivity contribution in [2.24, 2.45) is 0 Å². The number of halogens is 1. The number of likely N-dealkylation sites (tertiary alicyclic amines) is 1. The highest BCUT2D eigenvalue weighted by Gasteiger charge is 2.27. The van der Waals surface area contributed by atoms with Crippen molar-refractivity contribution >= 4 is 11.0 Å². The van der Waals surface area contributed by atoms with Crippen molar-refractivity contribution in [2.75, 3.05) is 6.54 Å². The lowest BCUT2D eigenvalue weighted by atomic mass is 10.0. The summed E-state index contributed by atoms with van der Waals surface area (Å²) in [5.41, 5.74) is 1.57. The van der Waals surface area contributed by atoms with Crippen molar-refractivity contribution < 1.29 is 4.39 Å². The molecule has 0 unspecified atom stereocenters. The Balaban J connectivity index is 1.63. The molecule has 7 heteroatoms. The van der Waals surface area contributed by atoms with Crippen LogP contribution >= 0.6 is 0 Å². The first-order chi connectivity index (χ1) is 11.7. The van der Waals surface area contributed by atoms with Gasteiger partial charge in [0.1, 0.15) is 23.8 Å². The molecular formula is C17H21FN6. The van der Waals surface area contributed by atoms with Gasteiger partial charge in [-0.15, -0.1) is 0 Å². The predicted octanol–water partition coefficient (Wildman–Crippen LogP) is 3.04. The van der Waals surface area contributed by atoms with Crippen LogP contribution in [0.1, 0.15) is 43.9 Å². The monoisotopic (exact) mass is 328 g/mol. The number of rotatable bonds is 4. The number of nitrogens with zero attached hydrogens (tertiary/aromatic N) is 5. The smallest absolute Gasteiger partial charge is 0.141 e. The summed E-state index contributed by atoms with van der Waals surface area (Å²) < 4.78 is 15.4. The van der Waals surface area contributed by atoms with Crippen molar-refractivity contribution in [1.29, 1.82) is 0 Å². The highest BCUT2D eigenvalue weighted by atomic mass is 19.1. The molecular weight excluding hydrogens is 307 g/mol. The Morgan fingerprint density at radius 2 is 2.25 bits per heavy atom. The Morgan fingerprint density at radius 1 is 1.33 bits per heavy atom. The Morgan fingerprint density at radius 3 is 3.12 bits per heavy atom. The van der Waals surface area contributed by atoms with E-state index >= 15 is 0 Å². The molecule has 1 aliphatic heterocycles.